The van der Waals surface area contributed by atoms with Crippen LogP contribution in [0.5, 0.6) is 0 Å². The van der Waals surface area contributed by atoms with Crippen molar-refractivity contribution < 1.29 is 0 Å². The molecule has 0 unspecified atom stereocenters. The lowest BCUT2D eigenvalue weighted by molar-refractivity contribution is 0.632. The number of unbranched alkanes of at least 4 members (excludes halogenated alkanes) is 1. The third-order valence-corrected chi connectivity index (χ3v) is 4.86. The van der Waals surface area contributed by atoms with Gasteiger partial charge in [-0.3, -0.25) is 4.99 Å². The van der Waals surface area contributed by atoms with Crippen molar-refractivity contribution in [2.75, 3.05) is 25.4 Å². The number of hydrogen-bond acceptors (Lipinski definition) is 4. The van der Waals surface area contributed by atoms with Crippen molar-refractivity contribution in [2.24, 2.45) is 4.99 Å². The summed E-state index contributed by atoms with van der Waals surface area (Å²) in [7, 11) is 0. The average molecular weight is 375 g/mol. The van der Waals surface area contributed by atoms with Crippen LogP contribution >= 0.6 is 11.8 Å². The summed E-state index contributed by atoms with van der Waals surface area (Å²) >= 11 is 1.85. The monoisotopic (exact) mass is 374 g/mol. The van der Waals surface area contributed by atoms with E-state index >= 15 is 0 Å². The van der Waals surface area contributed by atoms with Crippen LogP contribution in [0.2, 0.25) is 0 Å². The molecule has 6 nitrogen and oxygen atoms in total. The largest absolute Gasteiger partial charge is 0.356 e. The lowest BCUT2D eigenvalue weighted by atomic mass is 10.3. The van der Waals surface area contributed by atoms with Crippen LogP contribution in [0.25, 0.3) is 0 Å². The fraction of sp³-hybridized carbons (Fsp3) is 0.526. The number of rotatable bonds is 11. The number of aliphatic imine (C=N–C) groups is 1. The summed E-state index contributed by atoms with van der Waals surface area (Å²) in [6.45, 7) is 7.65. The number of hydrogen-bond donors (Lipinski definition) is 2. The Morgan fingerprint density at radius 2 is 1.96 bits per heavy atom. The van der Waals surface area contributed by atoms with E-state index < -0.39 is 0 Å². The Labute approximate surface area is 160 Å². The molecule has 1 aromatic carbocycles. The lowest BCUT2D eigenvalue weighted by Gasteiger charge is -2.13. The molecule has 26 heavy (non-hydrogen) atoms. The summed E-state index contributed by atoms with van der Waals surface area (Å²) in [5.74, 6) is 2.91. The maximum absolute atomic E-state index is 4.66. The summed E-state index contributed by atoms with van der Waals surface area (Å²) in [4.78, 5) is 5.96. The molecule has 2 rings (SSSR count). The maximum Gasteiger partial charge on any atom is 0.191 e. The Kier molecular flexibility index (Phi) is 9.64. The van der Waals surface area contributed by atoms with Crippen LogP contribution in [0.1, 0.15) is 32.5 Å². The molecule has 0 spiro atoms. The Balaban J connectivity index is 1.74. The van der Waals surface area contributed by atoms with E-state index in [2.05, 4.69) is 68.5 Å². The quantitative estimate of drug-likeness (QED) is 0.274. The van der Waals surface area contributed by atoms with E-state index in [0.29, 0.717) is 0 Å². The number of guanidine groups is 1. The number of nitrogens with zero attached hydrogens (tertiary/aromatic N) is 4. The molecular weight excluding hydrogens is 344 g/mol. The molecule has 0 atom stereocenters. The standard InChI is InChI=1S/C19H30N6S/c1-3-5-11-20-19(21-12-14-25-16-23-24-18(25)4-2)22-13-15-26-17-9-7-6-8-10-17/h6-10,16H,3-5,11-15H2,1-2H3,(H2,20,21,22). The van der Waals surface area contributed by atoms with E-state index in [1.54, 1.807) is 6.33 Å². The summed E-state index contributed by atoms with van der Waals surface area (Å²) in [5.41, 5.74) is 0. The van der Waals surface area contributed by atoms with Gasteiger partial charge >= 0.3 is 0 Å². The molecule has 0 aliphatic carbocycles. The van der Waals surface area contributed by atoms with E-state index in [1.807, 2.05) is 17.8 Å². The number of aromatic nitrogens is 3. The van der Waals surface area contributed by atoms with E-state index in [-0.39, 0.29) is 0 Å². The second-order valence-corrected chi connectivity index (χ2v) is 7.06. The van der Waals surface area contributed by atoms with Crippen molar-refractivity contribution in [1.82, 2.24) is 25.4 Å². The SMILES string of the molecule is CCCCN=C(NCCSc1ccccc1)NCCn1cnnc1CC. The highest BCUT2D eigenvalue weighted by molar-refractivity contribution is 7.99. The van der Waals surface area contributed by atoms with Gasteiger partial charge in [0.1, 0.15) is 12.2 Å². The van der Waals surface area contributed by atoms with Gasteiger partial charge in [-0.2, -0.15) is 0 Å². The van der Waals surface area contributed by atoms with Gasteiger partial charge in [-0.15, -0.1) is 22.0 Å². The Hall–Kier alpha value is -2.02. The molecule has 1 heterocycles. The van der Waals surface area contributed by atoms with E-state index in [1.165, 1.54) is 4.90 Å². The molecule has 0 radical (unpaired) electrons. The second-order valence-electron chi connectivity index (χ2n) is 5.89. The van der Waals surface area contributed by atoms with Crippen LogP contribution in [0.15, 0.2) is 46.5 Å². The zero-order chi connectivity index (χ0) is 18.5. The molecule has 0 saturated heterocycles. The number of nitrogens with one attached hydrogen (secondary N) is 2. The summed E-state index contributed by atoms with van der Waals surface area (Å²) in [6, 6.07) is 10.5. The maximum atomic E-state index is 4.66. The van der Waals surface area contributed by atoms with Gasteiger partial charge in [-0.25, -0.2) is 0 Å². The van der Waals surface area contributed by atoms with Crippen LogP contribution in [0.3, 0.4) is 0 Å². The Bertz CT molecular complexity index is 640. The summed E-state index contributed by atoms with van der Waals surface area (Å²) < 4.78 is 2.09. The first-order valence-corrected chi connectivity index (χ1v) is 10.4. The van der Waals surface area contributed by atoms with Crippen LogP contribution < -0.4 is 10.6 Å². The zero-order valence-corrected chi connectivity index (χ0v) is 16.6. The molecule has 0 bridgehead atoms. The van der Waals surface area contributed by atoms with E-state index in [0.717, 1.165) is 63.0 Å². The molecule has 0 aliphatic rings. The van der Waals surface area contributed by atoms with Gasteiger partial charge in [0, 0.05) is 43.2 Å². The Morgan fingerprint density at radius 3 is 2.73 bits per heavy atom. The normalized spacial score (nSPS) is 11.5. The minimum absolute atomic E-state index is 0.800. The predicted molar refractivity (Wildman–Crippen MR) is 110 cm³/mol. The van der Waals surface area contributed by atoms with Crippen LogP contribution in [0.4, 0.5) is 0 Å². The average Bonchev–Trinajstić information content (AvgIpc) is 3.13. The highest BCUT2D eigenvalue weighted by Crippen LogP contribution is 2.15. The molecule has 0 aliphatic heterocycles. The lowest BCUT2D eigenvalue weighted by Crippen LogP contribution is -2.40. The first-order chi connectivity index (χ1) is 12.8. The topological polar surface area (TPSA) is 67.1 Å². The highest BCUT2D eigenvalue weighted by atomic mass is 32.2. The first kappa shape index (κ1) is 20.3. The fourth-order valence-corrected chi connectivity index (χ4v) is 3.20. The third-order valence-electron chi connectivity index (χ3n) is 3.85. The molecule has 0 saturated carbocycles. The number of benzene rings is 1. The van der Waals surface area contributed by atoms with Gasteiger partial charge in [0.2, 0.25) is 0 Å². The molecule has 142 valence electrons. The second kappa shape index (κ2) is 12.4. The van der Waals surface area contributed by atoms with Crippen molar-refractivity contribution >= 4 is 17.7 Å². The van der Waals surface area contributed by atoms with Crippen molar-refractivity contribution in [3.05, 3.63) is 42.5 Å². The smallest absolute Gasteiger partial charge is 0.191 e. The van der Waals surface area contributed by atoms with Crippen molar-refractivity contribution in [1.29, 1.82) is 0 Å². The molecule has 2 aromatic rings. The first-order valence-electron chi connectivity index (χ1n) is 9.40. The van der Waals surface area contributed by atoms with Crippen LogP contribution in [0, 0.1) is 0 Å². The number of aryl methyl sites for hydroxylation is 1. The van der Waals surface area contributed by atoms with Gasteiger partial charge in [0.15, 0.2) is 5.96 Å². The molecule has 0 fully saturated rings. The predicted octanol–water partition coefficient (Wildman–Crippen LogP) is 2.97. The van der Waals surface area contributed by atoms with Crippen LogP contribution in [-0.2, 0) is 13.0 Å². The molecule has 1 aromatic heterocycles. The van der Waals surface area contributed by atoms with Crippen molar-refractivity contribution in [2.45, 2.75) is 44.6 Å². The zero-order valence-electron chi connectivity index (χ0n) is 15.8. The van der Waals surface area contributed by atoms with Gasteiger partial charge in [0.25, 0.3) is 0 Å². The van der Waals surface area contributed by atoms with Crippen LogP contribution in [-0.4, -0.2) is 46.1 Å². The third kappa shape index (κ3) is 7.47. The molecule has 2 N–H and O–H groups in total. The number of thioether (sulfide) groups is 1. The van der Waals surface area contributed by atoms with E-state index in [9.17, 15) is 0 Å². The molecular formula is C19H30N6S. The fourth-order valence-electron chi connectivity index (χ4n) is 2.41. The van der Waals surface area contributed by atoms with E-state index in [4.69, 9.17) is 0 Å². The molecule has 0 amide bonds. The van der Waals surface area contributed by atoms with Gasteiger partial charge < -0.3 is 15.2 Å². The molecule has 7 heteroatoms. The summed E-state index contributed by atoms with van der Waals surface area (Å²) in [6.07, 6.45) is 4.95. The minimum Gasteiger partial charge on any atom is -0.356 e. The van der Waals surface area contributed by atoms with Gasteiger partial charge in [-0.1, -0.05) is 38.5 Å². The summed E-state index contributed by atoms with van der Waals surface area (Å²) in [5, 5.41) is 15.0. The van der Waals surface area contributed by atoms with Gasteiger partial charge in [-0.05, 0) is 18.6 Å². The highest BCUT2D eigenvalue weighted by Gasteiger charge is 2.03. The Morgan fingerprint density at radius 1 is 1.15 bits per heavy atom. The van der Waals surface area contributed by atoms with Crippen molar-refractivity contribution in [3.8, 4) is 0 Å². The van der Waals surface area contributed by atoms with Crippen molar-refractivity contribution in [3.63, 3.8) is 0 Å². The minimum atomic E-state index is 0.800. The van der Waals surface area contributed by atoms with Gasteiger partial charge in [0.05, 0.1) is 0 Å².